The van der Waals surface area contributed by atoms with E-state index in [1.165, 1.54) is 0 Å². The molecule has 0 spiro atoms. The number of morpholine rings is 1. The lowest BCUT2D eigenvalue weighted by molar-refractivity contribution is 0.00991. The molecule has 2 saturated heterocycles. The summed E-state index contributed by atoms with van der Waals surface area (Å²) in [6.45, 7) is 4.83. The second-order valence-corrected chi connectivity index (χ2v) is 6.41. The zero-order valence-electron chi connectivity index (χ0n) is 8.98. The summed E-state index contributed by atoms with van der Waals surface area (Å²) in [5.74, 6) is 0. The second-order valence-electron chi connectivity index (χ2n) is 4.20. The minimum absolute atomic E-state index is 0.0166. The van der Waals surface area contributed by atoms with Gasteiger partial charge in [-0.3, -0.25) is 0 Å². The van der Waals surface area contributed by atoms with Gasteiger partial charge in [0, 0.05) is 19.6 Å². The standard InChI is InChI=1S/C9H18N2O3S/c1-8-7-11(4-5-14-8)15(12,13)9-2-3-10-6-9/h8-10H,2-7H2,1H3. The molecule has 2 atom stereocenters. The van der Waals surface area contributed by atoms with Gasteiger partial charge >= 0.3 is 0 Å². The van der Waals surface area contributed by atoms with Crippen LogP contribution in [0.2, 0.25) is 0 Å². The van der Waals surface area contributed by atoms with Crippen LogP contribution in [-0.2, 0) is 14.8 Å². The summed E-state index contributed by atoms with van der Waals surface area (Å²) in [5.41, 5.74) is 0. The van der Waals surface area contributed by atoms with Crippen molar-refractivity contribution in [1.82, 2.24) is 9.62 Å². The van der Waals surface area contributed by atoms with Crippen molar-refractivity contribution in [3.8, 4) is 0 Å². The number of nitrogens with one attached hydrogen (secondary N) is 1. The van der Waals surface area contributed by atoms with E-state index in [-0.39, 0.29) is 11.4 Å². The molecule has 0 aromatic carbocycles. The average molecular weight is 234 g/mol. The van der Waals surface area contributed by atoms with Gasteiger partial charge < -0.3 is 10.1 Å². The van der Waals surface area contributed by atoms with Gasteiger partial charge in [-0.1, -0.05) is 0 Å². The first-order valence-corrected chi connectivity index (χ1v) is 6.92. The molecular formula is C9H18N2O3S. The molecule has 88 valence electrons. The lowest BCUT2D eigenvalue weighted by Gasteiger charge is -2.32. The van der Waals surface area contributed by atoms with E-state index in [0.29, 0.717) is 26.2 Å². The Labute approximate surface area is 90.8 Å². The quantitative estimate of drug-likeness (QED) is 0.693. The minimum Gasteiger partial charge on any atom is -0.376 e. The molecule has 0 bridgehead atoms. The normalized spacial score (nSPS) is 34.5. The lowest BCUT2D eigenvalue weighted by Crippen LogP contribution is -2.48. The van der Waals surface area contributed by atoms with E-state index in [0.717, 1.165) is 13.0 Å². The van der Waals surface area contributed by atoms with E-state index >= 15 is 0 Å². The van der Waals surface area contributed by atoms with Crippen LogP contribution < -0.4 is 5.32 Å². The fraction of sp³-hybridized carbons (Fsp3) is 1.00. The van der Waals surface area contributed by atoms with Crippen LogP contribution >= 0.6 is 0 Å². The lowest BCUT2D eigenvalue weighted by atomic mass is 10.3. The molecular weight excluding hydrogens is 216 g/mol. The maximum Gasteiger partial charge on any atom is 0.218 e. The fourth-order valence-electron chi connectivity index (χ4n) is 2.11. The molecule has 0 saturated carbocycles. The van der Waals surface area contributed by atoms with E-state index in [1.807, 2.05) is 6.92 Å². The first-order chi connectivity index (χ1) is 7.10. The van der Waals surface area contributed by atoms with Crippen LogP contribution in [0.1, 0.15) is 13.3 Å². The Bertz CT molecular complexity index is 311. The zero-order valence-corrected chi connectivity index (χ0v) is 9.79. The number of hydrogen-bond acceptors (Lipinski definition) is 4. The third kappa shape index (κ3) is 2.33. The minimum atomic E-state index is -3.10. The highest BCUT2D eigenvalue weighted by Gasteiger charge is 2.36. The Balaban J connectivity index is 2.07. The number of ether oxygens (including phenoxy) is 1. The number of rotatable bonds is 2. The number of nitrogens with zero attached hydrogens (tertiary/aromatic N) is 1. The molecule has 2 fully saturated rings. The number of hydrogen-bond donors (Lipinski definition) is 1. The molecule has 2 unspecified atom stereocenters. The van der Waals surface area contributed by atoms with Gasteiger partial charge in [-0.05, 0) is 19.9 Å². The summed E-state index contributed by atoms with van der Waals surface area (Å²) in [6, 6.07) is 0. The van der Waals surface area contributed by atoms with E-state index in [9.17, 15) is 8.42 Å². The molecule has 5 nitrogen and oxygen atoms in total. The smallest absolute Gasteiger partial charge is 0.218 e. The summed E-state index contributed by atoms with van der Waals surface area (Å²) >= 11 is 0. The maximum absolute atomic E-state index is 12.2. The molecule has 2 heterocycles. The van der Waals surface area contributed by atoms with Gasteiger partial charge in [0.05, 0.1) is 18.0 Å². The molecule has 2 aliphatic rings. The molecule has 2 aliphatic heterocycles. The van der Waals surface area contributed by atoms with Crippen LogP contribution in [0.3, 0.4) is 0 Å². The van der Waals surface area contributed by atoms with E-state index in [2.05, 4.69) is 5.32 Å². The monoisotopic (exact) mass is 234 g/mol. The Hall–Kier alpha value is -0.170. The van der Waals surface area contributed by atoms with Crippen molar-refractivity contribution in [2.24, 2.45) is 0 Å². The van der Waals surface area contributed by atoms with Gasteiger partial charge in [0.15, 0.2) is 0 Å². The van der Waals surface area contributed by atoms with Crippen molar-refractivity contribution in [2.45, 2.75) is 24.7 Å². The molecule has 2 rings (SSSR count). The van der Waals surface area contributed by atoms with E-state index in [1.54, 1.807) is 4.31 Å². The Morgan fingerprint density at radius 1 is 1.47 bits per heavy atom. The highest BCUT2D eigenvalue weighted by atomic mass is 32.2. The van der Waals surface area contributed by atoms with Crippen LogP contribution in [0, 0.1) is 0 Å². The zero-order chi connectivity index (χ0) is 10.9. The van der Waals surface area contributed by atoms with Gasteiger partial charge in [0.2, 0.25) is 10.0 Å². The third-order valence-electron chi connectivity index (χ3n) is 3.00. The Morgan fingerprint density at radius 3 is 2.87 bits per heavy atom. The topological polar surface area (TPSA) is 58.6 Å². The Morgan fingerprint density at radius 2 is 2.27 bits per heavy atom. The largest absolute Gasteiger partial charge is 0.376 e. The summed E-state index contributed by atoms with van der Waals surface area (Å²) in [5, 5.41) is 2.86. The van der Waals surface area contributed by atoms with Crippen LogP contribution in [0.4, 0.5) is 0 Å². The molecule has 6 heteroatoms. The summed E-state index contributed by atoms with van der Waals surface area (Å²) in [6.07, 6.45) is 0.747. The molecule has 0 radical (unpaired) electrons. The number of sulfonamides is 1. The van der Waals surface area contributed by atoms with Crippen molar-refractivity contribution in [3.63, 3.8) is 0 Å². The van der Waals surface area contributed by atoms with Gasteiger partial charge in [0.25, 0.3) is 0 Å². The van der Waals surface area contributed by atoms with Crippen LogP contribution in [0.15, 0.2) is 0 Å². The summed E-state index contributed by atoms with van der Waals surface area (Å²) in [4.78, 5) is 0. The Kier molecular flexibility index (Phi) is 3.30. The van der Waals surface area contributed by atoms with E-state index in [4.69, 9.17) is 4.74 Å². The predicted molar refractivity (Wildman–Crippen MR) is 57.2 cm³/mol. The highest BCUT2D eigenvalue weighted by Crippen LogP contribution is 2.18. The first kappa shape index (κ1) is 11.3. The van der Waals surface area contributed by atoms with Gasteiger partial charge in [-0.25, -0.2) is 8.42 Å². The van der Waals surface area contributed by atoms with E-state index < -0.39 is 10.0 Å². The van der Waals surface area contributed by atoms with Crippen LogP contribution in [0.25, 0.3) is 0 Å². The second kappa shape index (κ2) is 4.37. The first-order valence-electron chi connectivity index (χ1n) is 5.42. The van der Waals surface area contributed by atoms with Crippen molar-refractivity contribution >= 4 is 10.0 Å². The van der Waals surface area contributed by atoms with Gasteiger partial charge in [-0.15, -0.1) is 0 Å². The van der Waals surface area contributed by atoms with Crippen molar-refractivity contribution in [3.05, 3.63) is 0 Å². The molecule has 0 amide bonds. The maximum atomic E-state index is 12.2. The van der Waals surface area contributed by atoms with Gasteiger partial charge in [0.1, 0.15) is 0 Å². The molecule has 1 N–H and O–H groups in total. The van der Waals surface area contributed by atoms with Crippen LogP contribution in [0.5, 0.6) is 0 Å². The third-order valence-corrected chi connectivity index (χ3v) is 5.30. The molecule has 0 aliphatic carbocycles. The van der Waals surface area contributed by atoms with Gasteiger partial charge in [-0.2, -0.15) is 4.31 Å². The van der Waals surface area contributed by atoms with Crippen molar-refractivity contribution in [2.75, 3.05) is 32.8 Å². The van der Waals surface area contributed by atoms with Crippen molar-refractivity contribution < 1.29 is 13.2 Å². The summed E-state index contributed by atoms with van der Waals surface area (Å²) in [7, 11) is -3.10. The molecule has 0 aromatic heterocycles. The fourth-order valence-corrected chi connectivity index (χ4v) is 4.02. The van der Waals surface area contributed by atoms with Crippen molar-refractivity contribution in [1.29, 1.82) is 0 Å². The molecule has 15 heavy (non-hydrogen) atoms. The molecule has 0 aromatic rings. The predicted octanol–water partition coefficient (Wildman–Crippen LogP) is -0.601. The van der Waals surface area contributed by atoms with Crippen LogP contribution in [-0.4, -0.2) is 56.9 Å². The summed E-state index contributed by atoms with van der Waals surface area (Å²) < 4.78 is 31.3. The highest BCUT2D eigenvalue weighted by molar-refractivity contribution is 7.89. The average Bonchev–Trinajstić information content (AvgIpc) is 2.71. The SMILES string of the molecule is CC1CN(S(=O)(=O)C2CCNC2)CCO1.